The Kier molecular flexibility index (Phi) is 9.15. The second-order valence-corrected chi connectivity index (χ2v) is 24.3. The molecule has 2 fully saturated rings. The molecule has 69 heavy (non-hydrogen) atoms. The van der Waals surface area contributed by atoms with E-state index in [0.29, 0.717) is 0 Å². The van der Waals surface area contributed by atoms with E-state index in [-0.39, 0.29) is 32.7 Å². The van der Waals surface area contributed by atoms with Crippen molar-refractivity contribution in [3.05, 3.63) is 180 Å². The Morgan fingerprint density at radius 2 is 0.855 bits per heavy atom. The number of hydrogen-bond donors (Lipinski definition) is 0. The maximum absolute atomic E-state index is 2.77. The van der Waals surface area contributed by atoms with Crippen LogP contribution in [0.4, 0.5) is 22.7 Å². The summed E-state index contributed by atoms with van der Waals surface area (Å²) in [5, 5.41) is 5.45. The molecule has 8 aromatic carbocycles. The topological polar surface area (TPSA) is 6.48 Å². The van der Waals surface area contributed by atoms with E-state index in [2.05, 4.69) is 223 Å². The monoisotopic (exact) mass is 901 g/mol. The van der Waals surface area contributed by atoms with Crippen molar-refractivity contribution in [1.82, 2.24) is 0 Å². The zero-order valence-corrected chi connectivity index (χ0v) is 42.3. The van der Waals surface area contributed by atoms with Crippen LogP contribution < -0.4 is 9.80 Å². The standard InChI is InChI=1S/C67H68N2/c1-62(2,3)66-37-19-17-35-64(66,7)57-42-46(29-33-59(57)68(66)49-21-11-9-12-22-49)44-27-31-51-48(39-44)41-56-53-32-28-45(40-55(53)52-25-15-16-26-54(52)61(51)56)47-30-34-60-58(43-47)65(8)36-18-20-38-67(65,63(4,5)6)69(60)50-23-13-10-14-24-50/h9-16,21-34,39-40,42-43H,17-20,35-38,41H2,1-8H3. The number of nitrogens with zero attached hydrogens (tertiary/aromatic N) is 2. The summed E-state index contributed by atoms with van der Waals surface area (Å²) in [5.74, 6) is 0. The van der Waals surface area contributed by atoms with Crippen LogP contribution in [-0.2, 0) is 17.3 Å². The van der Waals surface area contributed by atoms with Crippen molar-refractivity contribution >= 4 is 44.3 Å². The molecule has 0 radical (unpaired) electrons. The van der Waals surface area contributed by atoms with Crippen LogP contribution in [0.25, 0.3) is 54.9 Å². The van der Waals surface area contributed by atoms with Crippen LogP contribution in [0.3, 0.4) is 0 Å². The van der Waals surface area contributed by atoms with Crippen molar-refractivity contribution in [1.29, 1.82) is 0 Å². The maximum atomic E-state index is 2.77. The lowest BCUT2D eigenvalue weighted by molar-refractivity contribution is 0.0607. The van der Waals surface area contributed by atoms with Crippen molar-refractivity contribution < 1.29 is 0 Å². The molecule has 2 nitrogen and oxygen atoms in total. The summed E-state index contributed by atoms with van der Waals surface area (Å²) in [5.41, 5.74) is 19.6. The van der Waals surface area contributed by atoms with E-state index in [9.17, 15) is 0 Å². The van der Waals surface area contributed by atoms with Gasteiger partial charge < -0.3 is 9.80 Å². The minimum atomic E-state index is -0.0224. The Hall–Kier alpha value is -6.12. The predicted octanol–water partition coefficient (Wildman–Crippen LogP) is 18.4. The van der Waals surface area contributed by atoms with Crippen molar-refractivity contribution in [2.45, 2.75) is 135 Å². The number of fused-ring (bicyclic) bond motifs is 14. The molecule has 8 aromatic rings. The van der Waals surface area contributed by atoms with Crippen LogP contribution in [0.1, 0.15) is 129 Å². The number of hydrogen-bond acceptors (Lipinski definition) is 2. The van der Waals surface area contributed by atoms with E-state index in [4.69, 9.17) is 0 Å². The first kappa shape index (κ1) is 42.9. The largest absolute Gasteiger partial charge is 0.334 e. The zero-order chi connectivity index (χ0) is 47.3. The number of rotatable bonds is 4. The van der Waals surface area contributed by atoms with E-state index < -0.39 is 0 Å². The van der Waals surface area contributed by atoms with E-state index in [1.807, 2.05) is 0 Å². The summed E-state index contributed by atoms with van der Waals surface area (Å²) in [7, 11) is 0. The molecule has 0 spiro atoms. The third-order valence-electron chi connectivity index (χ3n) is 19.2. The van der Waals surface area contributed by atoms with E-state index in [0.717, 1.165) is 6.42 Å². The van der Waals surface area contributed by atoms with Gasteiger partial charge in [0, 0.05) is 33.6 Å². The lowest BCUT2D eigenvalue weighted by atomic mass is 9.52. The van der Waals surface area contributed by atoms with Crippen molar-refractivity contribution in [2.75, 3.05) is 9.80 Å². The van der Waals surface area contributed by atoms with Crippen LogP contribution in [0.5, 0.6) is 0 Å². The molecule has 2 aliphatic heterocycles. The number of anilines is 4. The quantitative estimate of drug-likeness (QED) is 0.162. The molecule has 3 aliphatic carbocycles. The predicted molar refractivity (Wildman–Crippen MR) is 294 cm³/mol. The molecule has 4 unspecified atom stereocenters. The first-order valence-corrected chi connectivity index (χ1v) is 26.3. The summed E-state index contributed by atoms with van der Waals surface area (Å²) >= 11 is 0. The SMILES string of the molecule is CC(C)(C)C12CCCCC1(C)c1cc(-c3ccc4c(c3)Cc3c-4c4ccccc4c4cc(-c5ccc6c(c5)C5(C)CCCCC5(C(C)(C)C)N6c5ccccc5)ccc34)ccc1N2c1ccccc1. The van der Waals surface area contributed by atoms with Gasteiger partial charge >= 0.3 is 0 Å². The summed E-state index contributed by atoms with van der Waals surface area (Å²) in [6.45, 7) is 20.1. The van der Waals surface area contributed by atoms with Gasteiger partial charge in [0.15, 0.2) is 0 Å². The van der Waals surface area contributed by atoms with Gasteiger partial charge in [-0.15, -0.1) is 0 Å². The highest BCUT2D eigenvalue weighted by atomic mass is 15.3. The molecule has 5 aliphatic rings. The van der Waals surface area contributed by atoms with Gasteiger partial charge in [-0.1, -0.05) is 184 Å². The molecule has 0 N–H and O–H groups in total. The molecular weight excluding hydrogens is 833 g/mol. The first-order valence-electron chi connectivity index (χ1n) is 26.3. The van der Waals surface area contributed by atoms with Gasteiger partial charge in [0.05, 0.1) is 11.1 Å². The second-order valence-electron chi connectivity index (χ2n) is 24.3. The maximum Gasteiger partial charge on any atom is 0.0594 e. The van der Waals surface area contributed by atoms with E-state index in [1.54, 1.807) is 0 Å². The van der Waals surface area contributed by atoms with Crippen LogP contribution in [0.15, 0.2) is 158 Å². The lowest BCUT2D eigenvalue weighted by Gasteiger charge is -2.59. The van der Waals surface area contributed by atoms with Crippen molar-refractivity contribution in [3.63, 3.8) is 0 Å². The van der Waals surface area contributed by atoms with Crippen LogP contribution in [-0.4, -0.2) is 11.1 Å². The van der Waals surface area contributed by atoms with Gasteiger partial charge in [-0.3, -0.25) is 0 Å². The van der Waals surface area contributed by atoms with Crippen molar-refractivity contribution in [3.8, 4) is 33.4 Å². The summed E-state index contributed by atoms with van der Waals surface area (Å²) in [6.07, 6.45) is 10.8. The van der Waals surface area contributed by atoms with Gasteiger partial charge in [0.1, 0.15) is 0 Å². The molecule has 2 heteroatoms. The van der Waals surface area contributed by atoms with Gasteiger partial charge in [0.25, 0.3) is 0 Å². The normalized spacial score (nSPS) is 24.8. The fraction of sp³-hybridized carbons (Fsp3) is 0.343. The Bertz CT molecular complexity index is 3390. The molecule has 0 aromatic heterocycles. The summed E-state index contributed by atoms with van der Waals surface area (Å²) < 4.78 is 0. The molecule has 4 atom stereocenters. The van der Waals surface area contributed by atoms with E-state index in [1.165, 1.54) is 151 Å². The lowest BCUT2D eigenvalue weighted by Crippen LogP contribution is -2.64. The zero-order valence-electron chi connectivity index (χ0n) is 42.3. The molecular formula is C67H68N2. The smallest absolute Gasteiger partial charge is 0.0594 e. The third-order valence-corrected chi connectivity index (χ3v) is 19.2. The summed E-state index contributed by atoms with van der Waals surface area (Å²) in [4.78, 5) is 5.54. The van der Waals surface area contributed by atoms with Crippen LogP contribution >= 0.6 is 0 Å². The highest BCUT2D eigenvalue weighted by molar-refractivity contribution is 6.18. The van der Waals surface area contributed by atoms with E-state index >= 15 is 0 Å². The molecule has 0 bridgehead atoms. The first-order chi connectivity index (χ1) is 33.2. The molecule has 0 saturated heterocycles. The van der Waals surface area contributed by atoms with Gasteiger partial charge in [-0.25, -0.2) is 0 Å². The number of benzene rings is 8. The average Bonchev–Trinajstić information content (AvgIpc) is 3.95. The molecule has 13 rings (SSSR count). The Morgan fingerprint density at radius 3 is 1.39 bits per heavy atom. The molecule has 2 saturated carbocycles. The van der Waals surface area contributed by atoms with Gasteiger partial charge in [-0.2, -0.15) is 0 Å². The number of para-hydroxylation sites is 2. The van der Waals surface area contributed by atoms with Gasteiger partial charge in [-0.05, 0) is 175 Å². The molecule has 2 heterocycles. The van der Waals surface area contributed by atoms with Crippen molar-refractivity contribution in [2.24, 2.45) is 10.8 Å². The van der Waals surface area contributed by atoms with Gasteiger partial charge in [0.2, 0.25) is 0 Å². The minimum absolute atomic E-state index is 0.0159. The Labute approximate surface area is 411 Å². The van der Waals surface area contributed by atoms with Crippen LogP contribution in [0.2, 0.25) is 0 Å². The fourth-order valence-electron chi connectivity index (χ4n) is 16.5. The minimum Gasteiger partial charge on any atom is -0.334 e. The second kappa shape index (κ2) is 14.7. The average molecular weight is 901 g/mol. The highest BCUT2D eigenvalue weighted by Crippen LogP contribution is 2.68. The molecule has 0 amide bonds. The van der Waals surface area contributed by atoms with Crippen LogP contribution in [0, 0.1) is 10.8 Å². The summed E-state index contributed by atoms with van der Waals surface area (Å²) in [6, 6.07) is 61.4. The third kappa shape index (κ3) is 5.61. The highest BCUT2D eigenvalue weighted by Gasteiger charge is 2.66. The Balaban J connectivity index is 0.903. The Morgan fingerprint density at radius 1 is 0.406 bits per heavy atom. The molecule has 346 valence electrons. The fourth-order valence-corrected chi connectivity index (χ4v) is 16.5.